The Hall–Kier alpha value is -2.62. The molecule has 0 amide bonds. The van der Waals surface area contributed by atoms with Crippen LogP contribution in [0, 0.1) is 11.3 Å². The van der Waals surface area contributed by atoms with E-state index in [9.17, 15) is 10.4 Å². The first-order valence-corrected chi connectivity index (χ1v) is 11.8. The molecule has 6 heteroatoms. The van der Waals surface area contributed by atoms with E-state index in [1.807, 2.05) is 30.0 Å². The van der Waals surface area contributed by atoms with Gasteiger partial charge in [0.05, 0.1) is 16.9 Å². The van der Waals surface area contributed by atoms with Crippen LogP contribution in [-0.2, 0) is 11.5 Å². The molecule has 0 saturated carbocycles. The Morgan fingerprint density at radius 1 is 0.897 bits per heavy atom. The number of piperazine rings is 1. The second-order valence-corrected chi connectivity index (χ2v) is 9.25. The van der Waals surface area contributed by atoms with Crippen molar-refractivity contribution in [1.29, 1.82) is 5.26 Å². The van der Waals surface area contributed by atoms with Crippen molar-refractivity contribution in [3.8, 4) is 22.3 Å². The number of benzene rings is 2. The Labute approximate surface area is 179 Å². The molecule has 0 unspecified atom stereocenters. The third-order valence-electron chi connectivity index (χ3n) is 5.76. The van der Waals surface area contributed by atoms with E-state index in [-0.39, 0.29) is 0 Å². The van der Waals surface area contributed by atoms with E-state index in [0.717, 1.165) is 54.6 Å². The predicted molar refractivity (Wildman–Crippen MR) is 122 cm³/mol. The standard InChI is InChI=1S/C23H21N3OS2/c24-13-17-19-15-28-14-18(19)16(23-6-3-11-29-23)12-21(17)26-9-7-25(8-10-26)20-4-1-2-5-22(20)27/h1-6,11-12,27H,7-10,14-15H2. The first-order chi connectivity index (χ1) is 14.3. The van der Waals surface area contributed by atoms with E-state index in [1.165, 1.54) is 21.6 Å². The molecule has 3 heterocycles. The number of rotatable bonds is 3. The lowest BCUT2D eigenvalue weighted by Gasteiger charge is -2.38. The van der Waals surface area contributed by atoms with Crippen molar-refractivity contribution in [2.75, 3.05) is 36.0 Å². The number of nitrogens with zero attached hydrogens (tertiary/aromatic N) is 3. The molecule has 1 saturated heterocycles. The quantitative estimate of drug-likeness (QED) is 0.643. The molecule has 0 atom stereocenters. The molecule has 5 rings (SSSR count). The minimum Gasteiger partial charge on any atom is -0.506 e. The number of phenolic OH excluding ortho intramolecular Hbond substituents is 1. The predicted octanol–water partition coefficient (Wildman–Crippen LogP) is 5.07. The monoisotopic (exact) mass is 419 g/mol. The second-order valence-electron chi connectivity index (χ2n) is 7.32. The lowest BCUT2D eigenvalue weighted by atomic mass is 9.95. The number of phenols is 1. The summed E-state index contributed by atoms with van der Waals surface area (Å²) in [6.45, 7) is 3.31. The first kappa shape index (κ1) is 18.4. The molecule has 1 aromatic heterocycles. The van der Waals surface area contributed by atoms with Crippen molar-refractivity contribution in [3.63, 3.8) is 0 Å². The molecule has 2 aromatic carbocycles. The van der Waals surface area contributed by atoms with Gasteiger partial charge < -0.3 is 14.9 Å². The largest absolute Gasteiger partial charge is 0.506 e. The molecule has 2 aliphatic heterocycles. The Morgan fingerprint density at radius 2 is 1.62 bits per heavy atom. The number of hydrogen-bond acceptors (Lipinski definition) is 6. The summed E-state index contributed by atoms with van der Waals surface area (Å²) in [5.41, 5.74) is 6.65. The van der Waals surface area contributed by atoms with Crippen molar-refractivity contribution in [1.82, 2.24) is 0 Å². The minimum atomic E-state index is 0.327. The highest BCUT2D eigenvalue weighted by Crippen LogP contribution is 2.44. The van der Waals surface area contributed by atoms with Gasteiger partial charge in [-0.25, -0.2) is 0 Å². The summed E-state index contributed by atoms with van der Waals surface area (Å²) >= 11 is 3.66. The molecule has 0 aliphatic carbocycles. The van der Waals surface area contributed by atoms with Gasteiger partial charge in [0.25, 0.3) is 0 Å². The van der Waals surface area contributed by atoms with E-state index in [4.69, 9.17) is 0 Å². The van der Waals surface area contributed by atoms with E-state index >= 15 is 0 Å². The highest BCUT2D eigenvalue weighted by Gasteiger charge is 2.27. The zero-order chi connectivity index (χ0) is 19.8. The second kappa shape index (κ2) is 7.66. The summed E-state index contributed by atoms with van der Waals surface area (Å²) in [7, 11) is 0. The van der Waals surface area contributed by atoms with Gasteiger partial charge in [0.1, 0.15) is 11.8 Å². The van der Waals surface area contributed by atoms with Gasteiger partial charge in [-0.05, 0) is 46.3 Å². The van der Waals surface area contributed by atoms with E-state index in [1.54, 1.807) is 17.4 Å². The summed E-state index contributed by atoms with van der Waals surface area (Å²) < 4.78 is 0. The van der Waals surface area contributed by atoms with Crippen molar-refractivity contribution in [2.24, 2.45) is 0 Å². The van der Waals surface area contributed by atoms with Crippen LogP contribution in [0.2, 0.25) is 0 Å². The van der Waals surface area contributed by atoms with Crippen LogP contribution in [0.5, 0.6) is 5.75 Å². The fourth-order valence-corrected chi connectivity index (χ4v) is 6.22. The first-order valence-electron chi connectivity index (χ1n) is 9.74. The Kier molecular flexibility index (Phi) is 4.86. The molecule has 3 aromatic rings. The number of para-hydroxylation sites is 2. The average molecular weight is 420 g/mol. The maximum absolute atomic E-state index is 10.2. The van der Waals surface area contributed by atoms with E-state index < -0.39 is 0 Å². The molecule has 4 nitrogen and oxygen atoms in total. The van der Waals surface area contributed by atoms with Crippen LogP contribution < -0.4 is 9.80 Å². The van der Waals surface area contributed by atoms with Crippen LogP contribution in [0.4, 0.5) is 11.4 Å². The van der Waals surface area contributed by atoms with Crippen LogP contribution in [0.1, 0.15) is 16.7 Å². The number of aromatic hydroxyl groups is 1. The number of hydrogen-bond donors (Lipinski definition) is 1. The molecule has 146 valence electrons. The van der Waals surface area contributed by atoms with Crippen molar-refractivity contribution >= 4 is 34.5 Å². The molecule has 29 heavy (non-hydrogen) atoms. The lowest BCUT2D eigenvalue weighted by Crippen LogP contribution is -2.46. The zero-order valence-corrected chi connectivity index (χ0v) is 17.6. The van der Waals surface area contributed by atoms with Crippen LogP contribution in [-0.4, -0.2) is 31.3 Å². The van der Waals surface area contributed by atoms with Crippen molar-refractivity contribution in [3.05, 3.63) is 64.5 Å². The lowest BCUT2D eigenvalue weighted by molar-refractivity contribution is 0.472. The summed E-state index contributed by atoms with van der Waals surface area (Å²) in [4.78, 5) is 5.85. The third-order valence-corrected chi connectivity index (χ3v) is 7.65. The van der Waals surface area contributed by atoms with Gasteiger partial charge in [0, 0.05) is 42.6 Å². The number of nitriles is 1. The maximum Gasteiger partial charge on any atom is 0.138 e. The maximum atomic E-state index is 10.2. The van der Waals surface area contributed by atoms with Gasteiger partial charge in [-0.1, -0.05) is 18.2 Å². The zero-order valence-electron chi connectivity index (χ0n) is 16.0. The average Bonchev–Trinajstić information content (AvgIpc) is 3.45. The normalized spacial score (nSPS) is 16.0. The summed E-state index contributed by atoms with van der Waals surface area (Å²) in [6.07, 6.45) is 0. The number of thioether (sulfide) groups is 1. The number of anilines is 2. The van der Waals surface area contributed by atoms with Crippen molar-refractivity contribution < 1.29 is 5.11 Å². The summed E-state index contributed by atoms with van der Waals surface area (Å²) in [5, 5.41) is 22.3. The van der Waals surface area contributed by atoms with Crippen LogP contribution in [0.25, 0.3) is 10.4 Å². The molecule has 0 radical (unpaired) electrons. The molecule has 1 fully saturated rings. The van der Waals surface area contributed by atoms with E-state index in [2.05, 4.69) is 39.4 Å². The fraction of sp³-hybridized carbons (Fsp3) is 0.261. The molecule has 1 N–H and O–H groups in total. The third kappa shape index (κ3) is 3.25. The van der Waals surface area contributed by atoms with Gasteiger partial charge in [-0.2, -0.15) is 17.0 Å². The molecule has 0 bridgehead atoms. The van der Waals surface area contributed by atoms with Crippen LogP contribution in [0.15, 0.2) is 47.8 Å². The smallest absolute Gasteiger partial charge is 0.138 e. The summed E-state index contributed by atoms with van der Waals surface area (Å²) in [6, 6.07) is 16.5. The van der Waals surface area contributed by atoms with Crippen LogP contribution in [0.3, 0.4) is 0 Å². The Bertz CT molecular complexity index is 1080. The minimum absolute atomic E-state index is 0.327. The van der Waals surface area contributed by atoms with E-state index in [0.29, 0.717) is 5.75 Å². The van der Waals surface area contributed by atoms with Crippen LogP contribution >= 0.6 is 23.1 Å². The number of fused-ring (bicyclic) bond motifs is 1. The van der Waals surface area contributed by atoms with Gasteiger partial charge in [-0.3, -0.25) is 0 Å². The molecular formula is C23H21N3OS2. The van der Waals surface area contributed by atoms with Gasteiger partial charge in [0.2, 0.25) is 0 Å². The van der Waals surface area contributed by atoms with Gasteiger partial charge >= 0.3 is 0 Å². The SMILES string of the molecule is N#Cc1c(N2CCN(c3ccccc3O)CC2)cc(-c2cccs2)c2c1CSC2. The fourth-order valence-electron chi connectivity index (χ4n) is 4.29. The van der Waals surface area contributed by atoms with Crippen molar-refractivity contribution in [2.45, 2.75) is 11.5 Å². The molecule has 2 aliphatic rings. The topological polar surface area (TPSA) is 50.5 Å². The number of thiophene rings is 1. The molecule has 0 spiro atoms. The highest BCUT2D eigenvalue weighted by molar-refractivity contribution is 7.98. The highest BCUT2D eigenvalue weighted by atomic mass is 32.2. The van der Waals surface area contributed by atoms with Gasteiger partial charge in [0.15, 0.2) is 0 Å². The van der Waals surface area contributed by atoms with Gasteiger partial charge in [-0.15, -0.1) is 11.3 Å². The summed E-state index contributed by atoms with van der Waals surface area (Å²) in [5.74, 6) is 2.23. The Balaban J connectivity index is 1.48. The Morgan fingerprint density at radius 3 is 2.31 bits per heavy atom. The molecular weight excluding hydrogens is 398 g/mol.